The average Bonchev–Trinajstić information content (AvgIpc) is 3.30. The molecule has 0 bridgehead atoms. The molecule has 1 atom stereocenters. The molecule has 0 amide bonds. The maximum atomic E-state index is 13.6. The number of aromatic nitrogens is 4. The van der Waals surface area contributed by atoms with E-state index in [1.807, 2.05) is 0 Å². The molecule has 132 valence electrons. The molecule has 2 aromatic heterocycles. The Morgan fingerprint density at radius 2 is 2.08 bits per heavy atom. The molecule has 0 saturated carbocycles. The van der Waals surface area contributed by atoms with Crippen LogP contribution in [0.1, 0.15) is 24.0 Å². The minimum Gasteiger partial charge on any atom is -0.420 e. The van der Waals surface area contributed by atoms with Gasteiger partial charge < -0.3 is 18.5 Å². The summed E-state index contributed by atoms with van der Waals surface area (Å²) in [5.74, 6) is -0.598. The van der Waals surface area contributed by atoms with Crippen molar-refractivity contribution in [3.8, 4) is 0 Å². The van der Waals surface area contributed by atoms with Gasteiger partial charge in [0.15, 0.2) is 17.2 Å². The van der Waals surface area contributed by atoms with Crippen molar-refractivity contribution >= 4 is 11.0 Å². The van der Waals surface area contributed by atoms with Crippen molar-refractivity contribution in [3.05, 3.63) is 41.4 Å². The van der Waals surface area contributed by atoms with Crippen LogP contribution in [0.3, 0.4) is 0 Å². The summed E-state index contributed by atoms with van der Waals surface area (Å²) in [7, 11) is 1.57. The fraction of sp³-hybridized carbons (Fsp3) is 0.438. The average molecular weight is 350 g/mol. The Bertz CT molecular complexity index is 931. The number of aryl methyl sites for hydroxylation is 1. The van der Waals surface area contributed by atoms with Crippen molar-refractivity contribution < 1.29 is 22.7 Å². The van der Waals surface area contributed by atoms with E-state index >= 15 is 0 Å². The van der Waals surface area contributed by atoms with Crippen LogP contribution in [0.5, 0.6) is 0 Å². The Morgan fingerprint density at radius 1 is 1.28 bits per heavy atom. The number of imidazole rings is 1. The topological polar surface area (TPSA) is 75.2 Å². The smallest absolute Gasteiger partial charge is 0.250 e. The van der Waals surface area contributed by atoms with Gasteiger partial charge in [0, 0.05) is 25.7 Å². The highest BCUT2D eigenvalue weighted by Gasteiger charge is 2.42. The highest BCUT2D eigenvalue weighted by atomic mass is 19.2. The number of benzene rings is 1. The van der Waals surface area contributed by atoms with Gasteiger partial charge >= 0.3 is 0 Å². The Labute approximate surface area is 141 Å². The van der Waals surface area contributed by atoms with Crippen LogP contribution in [0.15, 0.2) is 16.5 Å². The van der Waals surface area contributed by atoms with Crippen LogP contribution in [-0.4, -0.2) is 40.1 Å². The Hall–Kier alpha value is -2.39. The van der Waals surface area contributed by atoms with Gasteiger partial charge in [-0.1, -0.05) is 0 Å². The van der Waals surface area contributed by atoms with Gasteiger partial charge in [0.25, 0.3) is 5.89 Å². The van der Waals surface area contributed by atoms with E-state index < -0.39 is 17.2 Å². The Balaban J connectivity index is 1.68. The first-order valence-corrected chi connectivity index (χ1v) is 7.80. The van der Waals surface area contributed by atoms with Gasteiger partial charge in [-0.2, -0.15) is 0 Å². The molecule has 1 aromatic carbocycles. The first kappa shape index (κ1) is 16.1. The van der Waals surface area contributed by atoms with Crippen LogP contribution in [0.4, 0.5) is 8.78 Å². The van der Waals surface area contributed by atoms with Crippen LogP contribution in [-0.2, 0) is 21.6 Å². The molecule has 0 spiro atoms. The number of rotatable bonds is 4. The molecule has 0 aliphatic carbocycles. The van der Waals surface area contributed by atoms with Gasteiger partial charge in [-0.3, -0.25) is 0 Å². The lowest BCUT2D eigenvalue weighted by atomic mass is 10.0. The van der Waals surface area contributed by atoms with E-state index in [1.54, 1.807) is 18.6 Å². The van der Waals surface area contributed by atoms with Gasteiger partial charge in [0.2, 0.25) is 5.89 Å². The van der Waals surface area contributed by atoms with Gasteiger partial charge in [-0.05, 0) is 6.92 Å². The van der Waals surface area contributed by atoms with Gasteiger partial charge in [0.05, 0.1) is 24.2 Å². The molecule has 0 N–H and O–H groups in total. The van der Waals surface area contributed by atoms with Crippen LogP contribution < -0.4 is 0 Å². The fourth-order valence-electron chi connectivity index (χ4n) is 3.04. The lowest BCUT2D eigenvalue weighted by molar-refractivity contribution is -0.0417. The molecular formula is C16H16F2N4O3. The maximum Gasteiger partial charge on any atom is 0.250 e. The van der Waals surface area contributed by atoms with Crippen LogP contribution in [0.25, 0.3) is 11.0 Å². The van der Waals surface area contributed by atoms with Crippen molar-refractivity contribution in [1.82, 2.24) is 19.7 Å². The molecule has 1 saturated heterocycles. The largest absolute Gasteiger partial charge is 0.420 e. The molecule has 1 fully saturated rings. The third-order valence-corrected chi connectivity index (χ3v) is 4.51. The molecule has 4 rings (SSSR count). The summed E-state index contributed by atoms with van der Waals surface area (Å²) in [4.78, 5) is 4.25. The van der Waals surface area contributed by atoms with E-state index in [2.05, 4.69) is 15.2 Å². The summed E-state index contributed by atoms with van der Waals surface area (Å²) in [6.45, 7) is 2.85. The first-order chi connectivity index (χ1) is 12.0. The van der Waals surface area contributed by atoms with E-state index in [0.29, 0.717) is 48.3 Å². The molecule has 25 heavy (non-hydrogen) atoms. The third kappa shape index (κ3) is 2.59. The lowest BCUT2D eigenvalue weighted by Crippen LogP contribution is -2.29. The minimum atomic E-state index is -0.930. The summed E-state index contributed by atoms with van der Waals surface area (Å²) in [5, 5.41) is 8.12. The second-order valence-corrected chi connectivity index (χ2v) is 6.00. The van der Waals surface area contributed by atoms with Crippen molar-refractivity contribution in [3.63, 3.8) is 0 Å². The van der Waals surface area contributed by atoms with Crippen molar-refractivity contribution in [2.24, 2.45) is 0 Å². The van der Waals surface area contributed by atoms with E-state index in [0.717, 1.165) is 12.1 Å². The molecule has 3 aromatic rings. The summed E-state index contributed by atoms with van der Waals surface area (Å²) in [6, 6.07) is 2.19. The molecule has 1 aliphatic rings. The van der Waals surface area contributed by atoms with Crippen molar-refractivity contribution in [2.45, 2.75) is 25.5 Å². The lowest BCUT2D eigenvalue weighted by Gasteiger charge is -2.20. The Morgan fingerprint density at radius 3 is 2.80 bits per heavy atom. The van der Waals surface area contributed by atoms with Crippen molar-refractivity contribution in [1.29, 1.82) is 0 Å². The van der Waals surface area contributed by atoms with Crippen LogP contribution in [0, 0.1) is 18.6 Å². The van der Waals surface area contributed by atoms with Gasteiger partial charge in [-0.15, -0.1) is 10.2 Å². The molecule has 3 heterocycles. The number of nitrogens with zero attached hydrogens (tertiary/aromatic N) is 4. The maximum absolute atomic E-state index is 13.6. The van der Waals surface area contributed by atoms with E-state index in [1.165, 1.54) is 0 Å². The van der Waals surface area contributed by atoms with E-state index in [4.69, 9.17) is 13.9 Å². The highest BCUT2D eigenvalue weighted by molar-refractivity contribution is 5.76. The molecule has 0 radical (unpaired) electrons. The molecular weight excluding hydrogens is 334 g/mol. The van der Waals surface area contributed by atoms with Gasteiger partial charge in [0.1, 0.15) is 12.4 Å². The number of halogens is 2. The first-order valence-electron chi connectivity index (χ1n) is 7.80. The minimum absolute atomic E-state index is 0.195. The number of methoxy groups -OCH3 is 1. The summed E-state index contributed by atoms with van der Waals surface area (Å²) in [6.07, 6.45) is 0.628. The highest BCUT2D eigenvalue weighted by Crippen LogP contribution is 2.33. The number of ether oxygens (including phenoxy) is 2. The number of hydrogen-bond donors (Lipinski definition) is 0. The molecule has 1 unspecified atom stereocenters. The molecule has 9 heteroatoms. The van der Waals surface area contributed by atoms with E-state index in [9.17, 15) is 8.78 Å². The number of fused-ring (bicyclic) bond motifs is 1. The SMILES string of the molecule is COC1(c2nnc(Cn3c(C)nc4cc(F)c(F)cc43)o2)CCOC1. The zero-order valence-corrected chi connectivity index (χ0v) is 13.8. The zero-order chi connectivity index (χ0) is 17.6. The summed E-state index contributed by atoms with van der Waals surface area (Å²) < 4.78 is 45.3. The second-order valence-electron chi connectivity index (χ2n) is 6.00. The van der Waals surface area contributed by atoms with Crippen molar-refractivity contribution in [2.75, 3.05) is 20.3 Å². The molecule has 7 nitrogen and oxygen atoms in total. The fourth-order valence-corrected chi connectivity index (χ4v) is 3.04. The van der Waals surface area contributed by atoms with Crippen LogP contribution in [0.2, 0.25) is 0 Å². The quantitative estimate of drug-likeness (QED) is 0.719. The summed E-state index contributed by atoms with van der Waals surface area (Å²) in [5.41, 5.74) is 0.0995. The normalized spacial score (nSPS) is 20.6. The summed E-state index contributed by atoms with van der Waals surface area (Å²) >= 11 is 0. The molecule has 1 aliphatic heterocycles. The monoisotopic (exact) mass is 350 g/mol. The third-order valence-electron chi connectivity index (χ3n) is 4.51. The number of hydrogen-bond acceptors (Lipinski definition) is 6. The second kappa shape index (κ2) is 5.85. The predicted octanol–water partition coefficient (Wildman–Crippen LogP) is 2.32. The van der Waals surface area contributed by atoms with Crippen LogP contribution >= 0.6 is 0 Å². The Kier molecular flexibility index (Phi) is 3.77. The van der Waals surface area contributed by atoms with Gasteiger partial charge in [-0.25, -0.2) is 13.8 Å². The van der Waals surface area contributed by atoms with E-state index in [-0.39, 0.29) is 6.54 Å². The zero-order valence-electron chi connectivity index (χ0n) is 13.8. The standard InChI is InChI=1S/C16H16F2N4O3/c1-9-19-12-5-10(17)11(18)6-13(12)22(9)7-14-20-21-15(25-14)16(23-2)3-4-24-8-16/h5-6H,3-4,7-8H2,1-2H3. The predicted molar refractivity (Wildman–Crippen MR) is 81.9 cm³/mol.